The first-order chi connectivity index (χ1) is 25.6. The Morgan fingerprint density at radius 1 is 1.02 bits per heavy atom. The van der Waals surface area contributed by atoms with Gasteiger partial charge in [-0.2, -0.15) is 0 Å². The Labute approximate surface area is 320 Å². The molecule has 1 amide bonds. The van der Waals surface area contributed by atoms with E-state index in [-0.39, 0.29) is 66.1 Å². The summed E-state index contributed by atoms with van der Waals surface area (Å²) in [6.45, 7) is 14.6. The summed E-state index contributed by atoms with van der Waals surface area (Å²) in [7, 11) is -2.54. The lowest BCUT2D eigenvalue weighted by Crippen LogP contribution is -2.81. The second-order valence-corrected chi connectivity index (χ2v) is 22.6. The number of cyclic esters (lactones) is 2. The number of unbranched alkanes of at least 4 members (excludes halogenated alkanes) is 3. The quantitative estimate of drug-likeness (QED) is 0.0674. The third-order valence-electron chi connectivity index (χ3n) is 13.9. The van der Waals surface area contributed by atoms with Crippen molar-refractivity contribution >= 4 is 37.6 Å². The van der Waals surface area contributed by atoms with E-state index in [0.29, 0.717) is 24.3 Å². The highest BCUT2D eigenvalue weighted by Gasteiger charge is 2.88. The first-order valence-electron chi connectivity index (χ1n) is 20.0. The molecule has 1 aromatic rings. The van der Waals surface area contributed by atoms with Crippen molar-refractivity contribution in [3.8, 4) is 5.75 Å². The van der Waals surface area contributed by atoms with E-state index in [4.69, 9.17) is 18.6 Å². The maximum Gasteiger partial charge on any atom is 0.342 e. The van der Waals surface area contributed by atoms with Gasteiger partial charge in [0.1, 0.15) is 23.5 Å². The largest absolute Gasteiger partial charge is 0.485 e. The number of esters is 2. The number of rotatable bonds is 14. The van der Waals surface area contributed by atoms with Crippen LogP contribution in [0.4, 0.5) is 5.69 Å². The van der Waals surface area contributed by atoms with Crippen molar-refractivity contribution in [3.63, 3.8) is 0 Å². The highest BCUT2D eigenvalue weighted by atomic mass is 28.4. The predicted molar refractivity (Wildman–Crippen MR) is 206 cm³/mol. The van der Waals surface area contributed by atoms with Crippen LogP contribution in [0.1, 0.15) is 98.8 Å². The monoisotopic (exact) mass is 759 g/mol. The smallest absolute Gasteiger partial charge is 0.342 e. The number of nitrogens with zero attached hydrogens (tertiary/aromatic N) is 1. The zero-order valence-corrected chi connectivity index (χ0v) is 33.9. The Kier molecular flexibility index (Phi) is 10.1. The number of amides is 1. The first-order valence-corrected chi connectivity index (χ1v) is 22.9. The summed E-state index contributed by atoms with van der Waals surface area (Å²) < 4.78 is 26.2. The van der Waals surface area contributed by atoms with Crippen molar-refractivity contribution < 1.29 is 42.9 Å². The number of Topliss-reactive ketones (excluding diaryl/α,β-unsaturated/α-hetero) is 1. The van der Waals surface area contributed by atoms with Gasteiger partial charge in [0.25, 0.3) is 0 Å². The number of benzene rings is 1. The topological polar surface area (TPSA) is 129 Å². The molecule has 54 heavy (non-hydrogen) atoms. The van der Waals surface area contributed by atoms with Gasteiger partial charge in [0, 0.05) is 29.7 Å². The lowest BCUT2D eigenvalue weighted by molar-refractivity contribution is -0.287. The van der Waals surface area contributed by atoms with Crippen LogP contribution >= 0.6 is 0 Å². The molecule has 4 bridgehead atoms. The Balaban J connectivity index is 1.43. The fourth-order valence-corrected chi connectivity index (χ4v) is 11.8. The van der Waals surface area contributed by atoms with Crippen molar-refractivity contribution in [1.29, 1.82) is 0 Å². The number of para-hydroxylation sites is 2. The number of ether oxygens (including phenoxy) is 3. The van der Waals surface area contributed by atoms with Gasteiger partial charge < -0.3 is 23.7 Å². The summed E-state index contributed by atoms with van der Waals surface area (Å²) in [5, 5.41) is 13.4. The average molecular weight is 760 g/mol. The Morgan fingerprint density at radius 3 is 2.46 bits per heavy atom. The molecule has 4 heterocycles. The Hall–Kier alpha value is -3.38. The van der Waals surface area contributed by atoms with Gasteiger partial charge in [0.05, 0.1) is 23.8 Å². The molecule has 2 saturated heterocycles. The predicted octanol–water partition coefficient (Wildman–Crippen LogP) is 7.51. The van der Waals surface area contributed by atoms with Gasteiger partial charge >= 0.3 is 11.9 Å². The zero-order valence-electron chi connectivity index (χ0n) is 32.9. The number of ketones is 1. The fraction of sp³-hybridized carbons (Fsp3) is 0.628. The first kappa shape index (κ1) is 38.9. The van der Waals surface area contributed by atoms with E-state index in [1.165, 1.54) is 0 Å². The van der Waals surface area contributed by atoms with Crippen LogP contribution in [0.15, 0.2) is 59.7 Å². The summed E-state index contributed by atoms with van der Waals surface area (Å²) in [5.74, 6) is -5.41. The van der Waals surface area contributed by atoms with Crippen LogP contribution < -0.4 is 9.64 Å². The summed E-state index contributed by atoms with van der Waals surface area (Å²) in [6.07, 6.45) is 11.9. The molecule has 1 saturated carbocycles. The minimum Gasteiger partial charge on any atom is -0.485 e. The van der Waals surface area contributed by atoms with E-state index >= 15 is 0 Å². The lowest BCUT2D eigenvalue weighted by Gasteiger charge is -2.64. The normalized spacial score (nSPS) is 33.2. The maximum atomic E-state index is 14.5. The third-order valence-corrected chi connectivity index (χ3v) is 18.4. The number of hydrogen-bond donors (Lipinski definition) is 1. The van der Waals surface area contributed by atoms with E-state index in [2.05, 4.69) is 46.0 Å². The molecule has 2 aliphatic carbocycles. The molecule has 0 radical (unpaired) electrons. The number of carbonyl (C=O) groups is 4. The highest BCUT2D eigenvalue weighted by Crippen LogP contribution is 2.74. The third kappa shape index (κ3) is 5.66. The van der Waals surface area contributed by atoms with E-state index in [1.807, 2.05) is 50.3 Å². The van der Waals surface area contributed by atoms with Crippen LogP contribution in [0, 0.1) is 23.2 Å². The molecule has 1 unspecified atom stereocenters. The number of anilines is 1. The zero-order chi connectivity index (χ0) is 38.8. The van der Waals surface area contributed by atoms with Crippen LogP contribution in [-0.2, 0) is 33.1 Å². The van der Waals surface area contributed by atoms with Crippen LogP contribution in [0.5, 0.6) is 5.75 Å². The molecule has 292 valence electrons. The Bertz CT molecular complexity index is 1810. The van der Waals surface area contributed by atoms with Gasteiger partial charge in [-0.1, -0.05) is 70.0 Å². The molecule has 6 aliphatic rings. The summed E-state index contributed by atoms with van der Waals surface area (Å²) in [4.78, 5) is 58.3. The maximum absolute atomic E-state index is 14.5. The van der Waals surface area contributed by atoms with Crippen molar-refractivity contribution in [1.82, 2.24) is 0 Å². The second kappa shape index (κ2) is 14.0. The van der Waals surface area contributed by atoms with E-state index < -0.39 is 61.0 Å². The number of fused-ring (bicyclic) bond motifs is 3. The van der Waals surface area contributed by atoms with E-state index in [1.54, 1.807) is 4.90 Å². The highest BCUT2D eigenvalue weighted by molar-refractivity contribution is 6.74. The molecule has 7 rings (SSSR count). The van der Waals surface area contributed by atoms with Crippen LogP contribution in [0.3, 0.4) is 0 Å². The molecule has 8 atom stereocenters. The van der Waals surface area contributed by atoms with Gasteiger partial charge in [-0.3, -0.25) is 14.5 Å². The fourth-order valence-electron chi connectivity index (χ4n) is 10.6. The summed E-state index contributed by atoms with van der Waals surface area (Å²) >= 11 is 0. The van der Waals surface area contributed by atoms with E-state index in [9.17, 15) is 24.3 Å². The van der Waals surface area contributed by atoms with Crippen molar-refractivity contribution in [3.05, 3.63) is 59.7 Å². The second-order valence-electron chi connectivity index (χ2n) is 17.9. The molecule has 1 N–H and O–H groups in total. The van der Waals surface area contributed by atoms with Crippen molar-refractivity contribution in [2.24, 2.45) is 23.2 Å². The molecule has 1 spiro atoms. The number of allylic oxidation sites excluding steroid dienone is 4. The van der Waals surface area contributed by atoms with Crippen molar-refractivity contribution in [2.75, 3.05) is 11.5 Å². The molecule has 10 nitrogen and oxygen atoms in total. The molecule has 11 heteroatoms. The van der Waals surface area contributed by atoms with Crippen LogP contribution in [0.25, 0.3) is 0 Å². The van der Waals surface area contributed by atoms with Gasteiger partial charge in [0.2, 0.25) is 11.7 Å². The van der Waals surface area contributed by atoms with Crippen molar-refractivity contribution in [2.45, 2.75) is 140 Å². The minimum absolute atomic E-state index is 0.00249. The number of hydrogen-bond acceptors (Lipinski definition) is 9. The molecule has 0 aromatic heterocycles. The Morgan fingerprint density at radius 2 is 1.74 bits per heavy atom. The molecule has 4 aliphatic heterocycles. The van der Waals surface area contributed by atoms with Gasteiger partial charge in [-0.25, -0.2) is 9.59 Å². The van der Waals surface area contributed by atoms with Crippen LogP contribution in [-0.4, -0.2) is 67.2 Å². The SMILES string of the molecule is C/C=C/CCCCC[C@H]1[C@H](C[C@H](O[Si](C)(C)C(C)(C)C)C(=O)CC/C=C/C)[C@H]2C3=C(C[C@]45CO[C@@]2(O)C42[C@@H]1Oc1ccccc1N2C(=O)C5)C(=O)OC3=O. The molecular formula is C43H57NO9Si. The van der Waals surface area contributed by atoms with Crippen LogP contribution in [0.2, 0.25) is 18.1 Å². The molecule has 1 aromatic carbocycles. The number of aliphatic hydroxyl groups is 1. The molecular weight excluding hydrogens is 703 g/mol. The number of carbonyl (C=O) groups excluding carboxylic acids is 4. The standard InChI is InChI=1S/C43H57NO9Si/c1-8-10-12-13-14-16-19-27-28(23-33(31(45)21-15-11-9-2)53-54(6,7)40(3,4)5)36-35-29(38(47)52-39(35)48)24-41-25-34(46)44-30-20-17-18-22-32(30)51-37(27)42(41,44)43(36,49)50-26-41/h8-11,17-18,20,22,27-28,33,36-37,49H,12-16,19,21,23-26H2,1-7H3/b10-8+,11-9+/t27-,28-,33-,36-,37+,41-,42?,43+/m0/s1. The summed E-state index contributed by atoms with van der Waals surface area (Å²) in [5.41, 5.74) is -1.66. The van der Waals surface area contributed by atoms with Gasteiger partial charge in [-0.15, -0.1) is 0 Å². The van der Waals surface area contributed by atoms with Gasteiger partial charge in [0.15, 0.2) is 14.1 Å². The average Bonchev–Trinajstić information content (AvgIpc) is 3.62. The summed E-state index contributed by atoms with van der Waals surface area (Å²) in [6, 6.07) is 7.39. The van der Waals surface area contributed by atoms with E-state index in [0.717, 1.165) is 25.7 Å². The molecule has 3 fully saturated rings. The lowest BCUT2D eigenvalue weighted by atomic mass is 9.50. The van der Waals surface area contributed by atoms with Gasteiger partial charge in [-0.05, 0) is 88.6 Å². The minimum atomic E-state index is -2.54.